The lowest BCUT2D eigenvalue weighted by molar-refractivity contribution is -0.131. The van der Waals surface area contributed by atoms with Crippen LogP contribution < -0.4 is 0 Å². The highest BCUT2D eigenvalue weighted by Gasteiger charge is 2.33. The number of carboxylic acid groups (broad SMARTS) is 1. The Morgan fingerprint density at radius 3 is 2.81 bits per heavy atom. The molecule has 21 heavy (non-hydrogen) atoms. The molecule has 0 saturated carbocycles. The number of sulfonamides is 1. The van der Waals surface area contributed by atoms with Gasteiger partial charge in [-0.15, -0.1) is 0 Å². The fraction of sp³-hybridized carbons (Fsp3) is 0.357. The summed E-state index contributed by atoms with van der Waals surface area (Å²) in [5.74, 6) is -1.50. The van der Waals surface area contributed by atoms with Crippen LogP contribution in [0.3, 0.4) is 0 Å². The highest BCUT2D eigenvalue weighted by Crippen LogP contribution is 2.23. The fourth-order valence-electron chi connectivity index (χ4n) is 2.32. The monoisotopic (exact) mass is 313 g/mol. The van der Waals surface area contributed by atoms with Crippen molar-refractivity contribution in [2.24, 2.45) is 5.92 Å². The molecule has 0 amide bonds. The third-order valence-electron chi connectivity index (χ3n) is 3.24. The molecule has 0 bridgehead atoms. The summed E-state index contributed by atoms with van der Waals surface area (Å²) < 4.78 is 38.9. The Kier molecular flexibility index (Phi) is 4.43. The molecule has 1 aliphatic heterocycles. The first kappa shape index (κ1) is 15.7. The second-order valence-corrected chi connectivity index (χ2v) is 7.21. The van der Waals surface area contributed by atoms with Gasteiger partial charge in [0.1, 0.15) is 5.82 Å². The van der Waals surface area contributed by atoms with Crippen molar-refractivity contribution in [3.05, 3.63) is 41.2 Å². The lowest BCUT2D eigenvalue weighted by Gasteiger charge is -2.15. The normalized spacial score (nSPS) is 21.9. The molecular weight excluding hydrogens is 297 g/mol. The van der Waals surface area contributed by atoms with Gasteiger partial charge in [-0.05, 0) is 29.7 Å². The van der Waals surface area contributed by atoms with Crippen LogP contribution in [-0.4, -0.2) is 36.1 Å². The second kappa shape index (κ2) is 5.95. The Labute approximate surface area is 122 Å². The zero-order chi connectivity index (χ0) is 15.6. The van der Waals surface area contributed by atoms with E-state index in [1.165, 1.54) is 28.6 Å². The first-order valence-electron chi connectivity index (χ1n) is 6.45. The number of benzene rings is 1. The van der Waals surface area contributed by atoms with Crippen molar-refractivity contribution in [1.29, 1.82) is 0 Å². The molecule has 0 aromatic heterocycles. The van der Waals surface area contributed by atoms with E-state index in [0.29, 0.717) is 12.1 Å². The van der Waals surface area contributed by atoms with E-state index >= 15 is 0 Å². The number of hydrogen-bond donors (Lipinski definition) is 1. The minimum absolute atomic E-state index is 0.0214. The van der Waals surface area contributed by atoms with E-state index in [2.05, 4.69) is 0 Å². The fourth-order valence-corrected chi connectivity index (χ4v) is 4.17. The van der Waals surface area contributed by atoms with Gasteiger partial charge in [0.2, 0.25) is 10.0 Å². The van der Waals surface area contributed by atoms with Crippen molar-refractivity contribution in [3.63, 3.8) is 0 Å². The van der Waals surface area contributed by atoms with Gasteiger partial charge in [0.15, 0.2) is 0 Å². The zero-order valence-corrected chi connectivity index (χ0v) is 12.3. The topological polar surface area (TPSA) is 74.7 Å². The summed E-state index contributed by atoms with van der Waals surface area (Å²) in [4.78, 5) is 10.5. The van der Waals surface area contributed by atoms with E-state index in [1.54, 1.807) is 0 Å². The minimum atomic E-state index is -3.34. The van der Waals surface area contributed by atoms with Gasteiger partial charge in [0.05, 0.1) is 5.75 Å². The van der Waals surface area contributed by atoms with E-state index in [0.717, 1.165) is 6.08 Å². The summed E-state index contributed by atoms with van der Waals surface area (Å²) in [7, 11) is -3.34. The number of halogens is 1. The van der Waals surface area contributed by atoms with Gasteiger partial charge in [-0.3, -0.25) is 0 Å². The average Bonchev–Trinajstić information content (AvgIpc) is 2.63. The molecule has 1 fully saturated rings. The summed E-state index contributed by atoms with van der Waals surface area (Å²) in [5.41, 5.74) is 0.749. The van der Waals surface area contributed by atoms with Crippen LogP contribution in [0.2, 0.25) is 0 Å². The third-order valence-corrected chi connectivity index (χ3v) is 5.29. The SMILES string of the molecule is CC1CN(Cc2cc(C=CC(=O)O)ccc2F)S(=O)(=O)C1. The highest BCUT2D eigenvalue weighted by molar-refractivity contribution is 7.89. The van der Waals surface area contributed by atoms with Gasteiger partial charge >= 0.3 is 5.97 Å². The summed E-state index contributed by atoms with van der Waals surface area (Å²) >= 11 is 0. The molecule has 1 aromatic rings. The number of rotatable bonds is 4. The highest BCUT2D eigenvalue weighted by atomic mass is 32.2. The van der Waals surface area contributed by atoms with Crippen molar-refractivity contribution >= 4 is 22.1 Å². The molecule has 0 radical (unpaired) electrons. The van der Waals surface area contributed by atoms with Gasteiger partial charge in [-0.25, -0.2) is 17.6 Å². The minimum Gasteiger partial charge on any atom is -0.478 e. The predicted molar refractivity (Wildman–Crippen MR) is 76.4 cm³/mol. The number of hydrogen-bond acceptors (Lipinski definition) is 3. The van der Waals surface area contributed by atoms with E-state index in [-0.39, 0.29) is 23.8 Å². The van der Waals surface area contributed by atoms with Gasteiger partial charge in [-0.2, -0.15) is 4.31 Å². The summed E-state index contributed by atoms with van der Waals surface area (Å²) in [6.45, 7) is 2.17. The zero-order valence-electron chi connectivity index (χ0n) is 11.5. The molecule has 1 aromatic carbocycles. The molecule has 0 spiro atoms. The Bertz CT molecular complexity index is 684. The Hall–Kier alpha value is -1.73. The van der Waals surface area contributed by atoms with E-state index in [1.807, 2.05) is 6.92 Å². The van der Waals surface area contributed by atoms with E-state index in [9.17, 15) is 17.6 Å². The van der Waals surface area contributed by atoms with Crippen molar-refractivity contribution < 1.29 is 22.7 Å². The van der Waals surface area contributed by atoms with Gasteiger partial charge in [0, 0.05) is 24.7 Å². The molecule has 1 heterocycles. The van der Waals surface area contributed by atoms with Crippen LogP contribution in [0, 0.1) is 11.7 Å². The van der Waals surface area contributed by atoms with Crippen molar-refractivity contribution in [2.45, 2.75) is 13.5 Å². The standard InChI is InChI=1S/C14H16FNO4S/c1-10-7-16(21(19,20)9-10)8-12-6-11(2-4-13(12)15)3-5-14(17)18/h2-6,10H,7-9H2,1H3,(H,17,18). The predicted octanol–water partition coefficient (Wildman–Crippen LogP) is 1.71. The first-order chi connectivity index (χ1) is 9.78. The van der Waals surface area contributed by atoms with Crippen molar-refractivity contribution in [2.75, 3.05) is 12.3 Å². The molecule has 114 valence electrons. The van der Waals surface area contributed by atoms with Crippen LogP contribution in [-0.2, 0) is 21.4 Å². The summed E-state index contributed by atoms with van der Waals surface area (Å²) in [5, 5.41) is 8.58. The molecule has 2 rings (SSSR count). The quantitative estimate of drug-likeness (QED) is 0.859. The van der Waals surface area contributed by atoms with Crippen LogP contribution in [0.15, 0.2) is 24.3 Å². The van der Waals surface area contributed by atoms with Gasteiger partial charge in [0.25, 0.3) is 0 Å². The molecule has 1 aliphatic rings. The Balaban J connectivity index is 2.24. The smallest absolute Gasteiger partial charge is 0.328 e. The van der Waals surface area contributed by atoms with E-state index < -0.39 is 21.8 Å². The molecule has 7 heteroatoms. The summed E-state index contributed by atoms with van der Waals surface area (Å²) in [6, 6.07) is 4.12. The lowest BCUT2D eigenvalue weighted by atomic mass is 10.1. The first-order valence-corrected chi connectivity index (χ1v) is 8.06. The van der Waals surface area contributed by atoms with Crippen LogP contribution in [0.1, 0.15) is 18.1 Å². The lowest BCUT2D eigenvalue weighted by Crippen LogP contribution is -2.25. The Morgan fingerprint density at radius 1 is 1.52 bits per heavy atom. The van der Waals surface area contributed by atoms with Crippen LogP contribution >= 0.6 is 0 Å². The Morgan fingerprint density at radius 2 is 2.24 bits per heavy atom. The maximum Gasteiger partial charge on any atom is 0.328 e. The molecule has 1 unspecified atom stereocenters. The van der Waals surface area contributed by atoms with Crippen LogP contribution in [0.25, 0.3) is 6.08 Å². The van der Waals surface area contributed by atoms with E-state index in [4.69, 9.17) is 5.11 Å². The van der Waals surface area contributed by atoms with Crippen LogP contribution in [0.5, 0.6) is 0 Å². The number of carbonyl (C=O) groups is 1. The number of aliphatic carboxylic acids is 1. The number of carboxylic acids is 1. The maximum atomic E-state index is 13.8. The average molecular weight is 313 g/mol. The van der Waals surface area contributed by atoms with Crippen molar-refractivity contribution in [1.82, 2.24) is 4.31 Å². The molecule has 0 aliphatic carbocycles. The molecule has 1 saturated heterocycles. The van der Waals surface area contributed by atoms with Crippen LogP contribution in [0.4, 0.5) is 4.39 Å². The van der Waals surface area contributed by atoms with Gasteiger partial charge in [-0.1, -0.05) is 13.0 Å². The molecular formula is C14H16FNO4S. The summed E-state index contributed by atoms with van der Waals surface area (Å²) in [6.07, 6.45) is 2.29. The molecule has 1 atom stereocenters. The van der Waals surface area contributed by atoms with Gasteiger partial charge < -0.3 is 5.11 Å². The largest absolute Gasteiger partial charge is 0.478 e. The molecule has 5 nitrogen and oxygen atoms in total. The number of nitrogens with zero attached hydrogens (tertiary/aromatic N) is 1. The molecule has 1 N–H and O–H groups in total. The third kappa shape index (κ3) is 3.89. The second-order valence-electron chi connectivity index (χ2n) is 5.20. The van der Waals surface area contributed by atoms with Crippen molar-refractivity contribution in [3.8, 4) is 0 Å². The maximum absolute atomic E-state index is 13.8.